The van der Waals surface area contributed by atoms with E-state index in [9.17, 15) is 4.79 Å². The van der Waals surface area contributed by atoms with Gasteiger partial charge in [0.2, 0.25) is 0 Å². The number of hydrogen-bond donors (Lipinski definition) is 2. The van der Waals surface area contributed by atoms with E-state index >= 15 is 0 Å². The van der Waals surface area contributed by atoms with Crippen LogP contribution < -0.4 is 5.32 Å². The summed E-state index contributed by atoms with van der Waals surface area (Å²) in [5.74, 6) is 0.547. The third kappa shape index (κ3) is 3.90. The Morgan fingerprint density at radius 1 is 1.48 bits per heavy atom. The van der Waals surface area contributed by atoms with E-state index in [4.69, 9.17) is 5.11 Å². The summed E-state index contributed by atoms with van der Waals surface area (Å²) in [6, 6.07) is 1.95. The van der Waals surface area contributed by atoms with E-state index in [0.717, 1.165) is 24.4 Å². The average molecular weight is 291 g/mol. The molecule has 7 nitrogen and oxygen atoms in total. The first-order chi connectivity index (χ1) is 9.91. The van der Waals surface area contributed by atoms with Crippen LogP contribution in [-0.2, 0) is 11.2 Å². The van der Waals surface area contributed by atoms with Crippen LogP contribution in [0, 0.1) is 0 Å². The van der Waals surface area contributed by atoms with Crippen LogP contribution in [0.4, 0.5) is 5.82 Å². The molecule has 21 heavy (non-hydrogen) atoms. The van der Waals surface area contributed by atoms with Crippen molar-refractivity contribution in [3.63, 3.8) is 0 Å². The zero-order valence-corrected chi connectivity index (χ0v) is 12.6. The number of aromatic nitrogens is 4. The molecule has 0 spiro atoms. The number of hydrogen-bond acceptors (Lipinski definition) is 5. The van der Waals surface area contributed by atoms with Gasteiger partial charge < -0.3 is 10.4 Å². The lowest BCUT2D eigenvalue weighted by Gasteiger charge is -2.27. The predicted octanol–water partition coefficient (Wildman–Crippen LogP) is 2.13. The molecule has 2 heterocycles. The van der Waals surface area contributed by atoms with Crippen molar-refractivity contribution in [3.8, 4) is 0 Å². The number of aryl methyl sites for hydroxylation is 1. The van der Waals surface area contributed by atoms with Crippen molar-refractivity contribution in [2.24, 2.45) is 0 Å². The van der Waals surface area contributed by atoms with Gasteiger partial charge in [-0.15, -0.1) is 0 Å². The van der Waals surface area contributed by atoms with E-state index in [1.807, 2.05) is 19.9 Å². The lowest BCUT2D eigenvalue weighted by molar-refractivity contribution is -0.137. The number of nitrogens with one attached hydrogen (secondary N) is 1. The average Bonchev–Trinajstić information content (AvgIpc) is 2.85. The molecule has 0 aliphatic rings. The number of rotatable bonds is 7. The second-order valence-corrected chi connectivity index (χ2v) is 5.76. The molecule has 0 atom stereocenters. The molecular formula is C14H21N5O2. The van der Waals surface area contributed by atoms with Crippen molar-refractivity contribution in [1.82, 2.24) is 19.6 Å². The number of carbonyl (C=O) groups is 1. The highest BCUT2D eigenvalue weighted by molar-refractivity contribution is 5.66. The summed E-state index contributed by atoms with van der Waals surface area (Å²) in [5.41, 5.74) is 0.594. The zero-order chi connectivity index (χ0) is 15.5. The molecule has 2 rings (SSSR count). The molecule has 0 saturated carbocycles. The van der Waals surface area contributed by atoms with E-state index in [1.54, 1.807) is 4.52 Å². The Labute approximate surface area is 123 Å². The molecular weight excluding hydrogens is 270 g/mol. The molecule has 114 valence electrons. The van der Waals surface area contributed by atoms with Gasteiger partial charge in [0, 0.05) is 23.7 Å². The molecule has 0 amide bonds. The standard InChI is InChI=1S/C14H21N5O2/c1-4-5-10-8-11(19-13(17-10)15-9-16-19)18-14(2,3)7-6-12(20)21/h8-9,18H,4-7H2,1-3H3,(H,20,21). The Kier molecular flexibility index (Phi) is 4.40. The van der Waals surface area contributed by atoms with Crippen molar-refractivity contribution in [1.29, 1.82) is 0 Å². The van der Waals surface area contributed by atoms with Crippen LogP contribution in [0.2, 0.25) is 0 Å². The quantitative estimate of drug-likeness (QED) is 0.812. The largest absolute Gasteiger partial charge is 0.481 e. The van der Waals surface area contributed by atoms with Gasteiger partial charge in [0.1, 0.15) is 12.1 Å². The number of aliphatic carboxylic acids is 1. The molecule has 0 fully saturated rings. The third-order valence-corrected chi connectivity index (χ3v) is 3.24. The number of carboxylic acid groups (broad SMARTS) is 1. The summed E-state index contributed by atoms with van der Waals surface area (Å²) in [5, 5.41) is 16.4. The Bertz CT molecular complexity index is 635. The Morgan fingerprint density at radius 2 is 2.24 bits per heavy atom. The van der Waals surface area contributed by atoms with Crippen LogP contribution in [0.5, 0.6) is 0 Å². The van der Waals surface area contributed by atoms with Gasteiger partial charge in [-0.05, 0) is 26.7 Å². The fourth-order valence-electron chi connectivity index (χ4n) is 2.16. The van der Waals surface area contributed by atoms with Gasteiger partial charge >= 0.3 is 5.97 Å². The first-order valence-corrected chi connectivity index (χ1v) is 7.11. The second kappa shape index (κ2) is 6.07. The molecule has 7 heteroatoms. The van der Waals surface area contributed by atoms with Crippen LogP contribution in [-0.4, -0.2) is 36.2 Å². The van der Waals surface area contributed by atoms with Gasteiger partial charge in [0.15, 0.2) is 0 Å². The molecule has 2 aromatic heterocycles. The third-order valence-electron chi connectivity index (χ3n) is 3.24. The van der Waals surface area contributed by atoms with Crippen molar-refractivity contribution >= 4 is 17.6 Å². The molecule has 2 aromatic rings. The zero-order valence-electron chi connectivity index (χ0n) is 12.6. The smallest absolute Gasteiger partial charge is 0.303 e. The first kappa shape index (κ1) is 15.2. The van der Waals surface area contributed by atoms with E-state index in [2.05, 4.69) is 27.3 Å². The number of fused-ring (bicyclic) bond motifs is 1. The van der Waals surface area contributed by atoms with Crippen LogP contribution in [0.25, 0.3) is 5.78 Å². The highest BCUT2D eigenvalue weighted by atomic mass is 16.4. The Hall–Kier alpha value is -2.18. The SMILES string of the molecule is CCCc1cc(NC(C)(C)CCC(=O)O)n2ncnc2n1. The fourth-order valence-corrected chi connectivity index (χ4v) is 2.16. The summed E-state index contributed by atoms with van der Waals surface area (Å²) >= 11 is 0. The van der Waals surface area contributed by atoms with Crippen LogP contribution in [0.15, 0.2) is 12.4 Å². The molecule has 2 N–H and O–H groups in total. The number of anilines is 1. The van der Waals surface area contributed by atoms with Crippen LogP contribution in [0.1, 0.15) is 45.7 Å². The summed E-state index contributed by atoms with van der Waals surface area (Å²) in [7, 11) is 0. The fraction of sp³-hybridized carbons (Fsp3) is 0.571. The van der Waals surface area contributed by atoms with Crippen LogP contribution >= 0.6 is 0 Å². The minimum absolute atomic E-state index is 0.118. The monoisotopic (exact) mass is 291 g/mol. The van der Waals surface area contributed by atoms with E-state index in [1.165, 1.54) is 6.33 Å². The molecule has 0 saturated heterocycles. The lowest BCUT2D eigenvalue weighted by Crippen LogP contribution is -2.32. The lowest BCUT2D eigenvalue weighted by atomic mass is 9.98. The number of carboxylic acids is 1. The predicted molar refractivity (Wildman–Crippen MR) is 79.3 cm³/mol. The Morgan fingerprint density at radius 3 is 2.90 bits per heavy atom. The van der Waals surface area contributed by atoms with Gasteiger partial charge in [0.25, 0.3) is 5.78 Å². The summed E-state index contributed by atoms with van der Waals surface area (Å²) in [4.78, 5) is 19.3. The summed E-state index contributed by atoms with van der Waals surface area (Å²) in [6.45, 7) is 6.04. The van der Waals surface area contributed by atoms with Gasteiger partial charge in [-0.2, -0.15) is 14.6 Å². The molecule has 0 radical (unpaired) electrons. The Balaban J connectivity index is 2.27. The molecule has 0 aromatic carbocycles. The van der Waals surface area contributed by atoms with Crippen molar-refractivity contribution in [2.45, 2.75) is 52.0 Å². The molecule has 0 bridgehead atoms. The van der Waals surface area contributed by atoms with E-state index in [0.29, 0.717) is 12.2 Å². The highest BCUT2D eigenvalue weighted by Gasteiger charge is 2.21. The summed E-state index contributed by atoms with van der Waals surface area (Å²) < 4.78 is 1.64. The first-order valence-electron chi connectivity index (χ1n) is 7.11. The van der Waals surface area contributed by atoms with Gasteiger partial charge in [0.05, 0.1) is 0 Å². The van der Waals surface area contributed by atoms with Gasteiger partial charge in [-0.25, -0.2) is 4.98 Å². The minimum Gasteiger partial charge on any atom is -0.481 e. The maximum absolute atomic E-state index is 10.7. The highest BCUT2D eigenvalue weighted by Crippen LogP contribution is 2.21. The van der Waals surface area contributed by atoms with Crippen molar-refractivity contribution < 1.29 is 9.90 Å². The molecule has 0 aliphatic heterocycles. The molecule has 0 aliphatic carbocycles. The minimum atomic E-state index is -0.794. The maximum atomic E-state index is 10.7. The van der Waals surface area contributed by atoms with Gasteiger partial charge in [-0.1, -0.05) is 13.3 Å². The van der Waals surface area contributed by atoms with Crippen molar-refractivity contribution in [2.75, 3.05) is 5.32 Å². The number of nitrogens with zero attached hydrogens (tertiary/aromatic N) is 4. The molecule has 0 unspecified atom stereocenters. The normalized spacial score (nSPS) is 11.8. The topological polar surface area (TPSA) is 92.4 Å². The van der Waals surface area contributed by atoms with Crippen LogP contribution in [0.3, 0.4) is 0 Å². The van der Waals surface area contributed by atoms with E-state index < -0.39 is 5.97 Å². The summed E-state index contributed by atoms with van der Waals surface area (Å²) in [6.07, 6.45) is 3.97. The second-order valence-electron chi connectivity index (χ2n) is 5.76. The maximum Gasteiger partial charge on any atom is 0.303 e. The van der Waals surface area contributed by atoms with Gasteiger partial charge in [-0.3, -0.25) is 4.79 Å². The van der Waals surface area contributed by atoms with E-state index in [-0.39, 0.29) is 12.0 Å². The van der Waals surface area contributed by atoms with Crippen molar-refractivity contribution in [3.05, 3.63) is 18.1 Å².